The zero-order valence-electron chi connectivity index (χ0n) is 12.2. The van der Waals surface area contributed by atoms with Crippen molar-refractivity contribution < 1.29 is 0 Å². The van der Waals surface area contributed by atoms with E-state index in [-0.39, 0.29) is 0 Å². The molecule has 4 N–H and O–H groups in total. The summed E-state index contributed by atoms with van der Waals surface area (Å²) in [5, 5.41) is 1.10. The molecule has 1 heterocycles. The summed E-state index contributed by atoms with van der Waals surface area (Å²) in [5.74, 6) is 1.15. The van der Waals surface area contributed by atoms with Crippen LogP contribution in [-0.2, 0) is 6.42 Å². The molecule has 0 amide bonds. The number of anilines is 1. The Balaban J connectivity index is 1.85. The van der Waals surface area contributed by atoms with Gasteiger partial charge in [0.2, 0.25) is 0 Å². The molecule has 2 aliphatic rings. The summed E-state index contributed by atoms with van der Waals surface area (Å²) >= 11 is 0. The number of hydrogen-bond acceptors (Lipinski definition) is 3. The molecule has 0 saturated heterocycles. The van der Waals surface area contributed by atoms with E-state index < -0.39 is 0 Å². The van der Waals surface area contributed by atoms with Crippen molar-refractivity contribution >= 4 is 16.6 Å². The number of para-hydroxylation sites is 1. The van der Waals surface area contributed by atoms with E-state index in [1.54, 1.807) is 0 Å². The minimum atomic E-state index is 0.530. The smallest absolute Gasteiger partial charge is 0.0726 e. The van der Waals surface area contributed by atoms with E-state index in [0.29, 0.717) is 11.8 Å². The van der Waals surface area contributed by atoms with Crippen LogP contribution in [0, 0.1) is 5.92 Å². The van der Waals surface area contributed by atoms with Crippen LogP contribution < -0.4 is 11.5 Å². The Hall–Kier alpha value is -1.87. The molecule has 2 unspecified atom stereocenters. The predicted octanol–water partition coefficient (Wildman–Crippen LogP) is 3.14. The van der Waals surface area contributed by atoms with Crippen LogP contribution in [0.3, 0.4) is 0 Å². The van der Waals surface area contributed by atoms with Gasteiger partial charge in [-0.3, -0.25) is 4.98 Å². The van der Waals surface area contributed by atoms with Gasteiger partial charge in [-0.15, -0.1) is 0 Å². The maximum atomic E-state index is 6.51. The van der Waals surface area contributed by atoms with Crippen molar-refractivity contribution in [2.24, 2.45) is 11.7 Å². The van der Waals surface area contributed by atoms with Crippen molar-refractivity contribution in [1.29, 1.82) is 0 Å². The highest BCUT2D eigenvalue weighted by atomic mass is 14.7. The van der Waals surface area contributed by atoms with Gasteiger partial charge >= 0.3 is 0 Å². The first-order valence-corrected chi connectivity index (χ1v) is 7.83. The molecule has 0 fully saturated rings. The normalized spacial score (nSPS) is 23.8. The highest BCUT2D eigenvalue weighted by Crippen LogP contribution is 2.46. The number of hydrogen-bond donors (Lipinski definition) is 2. The van der Waals surface area contributed by atoms with Gasteiger partial charge in [0.15, 0.2) is 0 Å². The topological polar surface area (TPSA) is 64.9 Å². The maximum absolute atomic E-state index is 6.51. The van der Waals surface area contributed by atoms with Crippen molar-refractivity contribution in [3.05, 3.63) is 47.2 Å². The molecule has 0 spiro atoms. The lowest BCUT2D eigenvalue weighted by atomic mass is 9.70. The number of fused-ring (bicyclic) bond motifs is 5. The van der Waals surface area contributed by atoms with Crippen molar-refractivity contribution in [3.8, 4) is 0 Å². The number of benzene rings is 1. The fraction of sp³-hybridized carbons (Fsp3) is 0.389. The van der Waals surface area contributed by atoms with E-state index in [1.165, 1.54) is 23.3 Å². The molecule has 4 rings (SSSR count). The lowest BCUT2D eigenvalue weighted by molar-refractivity contribution is 0.428. The molecule has 0 saturated carbocycles. The monoisotopic (exact) mass is 279 g/mol. The SMILES string of the molecule is NCCC1=CC2Cc3nc4ccccc4c(N)c3C(C1)C2. The van der Waals surface area contributed by atoms with Crippen LogP contribution in [0.25, 0.3) is 10.9 Å². The average Bonchev–Trinajstić information content (AvgIpc) is 2.47. The number of nitrogen functional groups attached to an aromatic ring is 1. The molecule has 0 radical (unpaired) electrons. The molecule has 21 heavy (non-hydrogen) atoms. The lowest BCUT2D eigenvalue weighted by Gasteiger charge is -2.36. The number of rotatable bonds is 2. The predicted molar refractivity (Wildman–Crippen MR) is 87.1 cm³/mol. The molecule has 2 atom stereocenters. The van der Waals surface area contributed by atoms with Crippen molar-refractivity contribution in [1.82, 2.24) is 4.98 Å². The van der Waals surface area contributed by atoms with Crippen LogP contribution in [0.2, 0.25) is 0 Å². The zero-order chi connectivity index (χ0) is 14.4. The van der Waals surface area contributed by atoms with Crippen molar-refractivity contribution in [3.63, 3.8) is 0 Å². The van der Waals surface area contributed by atoms with Gasteiger partial charge in [-0.05, 0) is 50.1 Å². The molecular weight excluding hydrogens is 258 g/mol. The standard InChI is InChI=1S/C18H21N3/c19-6-5-11-7-12-9-13(8-11)17-16(10-12)21-15-4-2-1-3-14(15)18(17)20/h1-4,7,12-13H,5-6,8-10,19H2,(H2,20,21). The largest absolute Gasteiger partial charge is 0.398 e. The number of nitrogens with zero attached hydrogens (tertiary/aromatic N) is 1. The minimum absolute atomic E-state index is 0.530. The Labute approximate surface area is 125 Å². The molecule has 0 aliphatic heterocycles. The number of pyridine rings is 1. The van der Waals surface area contributed by atoms with Gasteiger partial charge in [-0.1, -0.05) is 29.8 Å². The Morgan fingerprint density at radius 1 is 1.19 bits per heavy atom. The van der Waals surface area contributed by atoms with E-state index in [9.17, 15) is 0 Å². The highest BCUT2D eigenvalue weighted by molar-refractivity contribution is 5.92. The van der Waals surface area contributed by atoms with Crippen LogP contribution in [0.1, 0.15) is 36.4 Å². The second-order valence-corrected chi connectivity index (χ2v) is 6.37. The molecule has 2 bridgehead atoms. The molecule has 2 aliphatic carbocycles. The zero-order valence-corrected chi connectivity index (χ0v) is 12.2. The average molecular weight is 279 g/mol. The van der Waals surface area contributed by atoms with Gasteiger partial charge in [-0.2, -0.15) is 0 Å². The summed E-state index contributed by atoms with van der Waals surface area (Å²) < 4.78 is 0. The molecule has 108 valence electrons. The van der Waals surface area contributed by atoms with Crippen LogP contribution in [0.5, 0.6) is 0 Å². The molecular formula is C18H21N3. The third-order valence-corrected chi connectivity index (χ3v) is 4.95. The van der Waals surface area contributed by atoms with Crippen LogP contribution in [0.4, 0.5) is 5.69 Å². The Bertz CT molecular complexity index is 733. The highest BCUT2D eigenvalue weighted by Gasteiger charge is 2.33. The van der Waals surface area contributed by atoms with Crippen LogP contribution >= 0.6 is 0 Å². The van der Waals surface area contributed by atoms with Crippen LogP contribution in [-0.4, -0.2) is 11.5 Å². The maximum Gasteiger partial charge on any atom is 0.0726 e. The summed E-state index contributed by atoms with van der Waals surface area (Å²) in [4.78, 5) is 4.90. The molecule has 3 heteroatoms. The summed E-state index contributed by atoms with van der Waals surface area (Å²) in [6, 6.07) is 8.22. The van der Waals surface area contributed by atoms with Crippen LogP contribution in [0.15, 0.2) is 35.9 Å². The van der Waals surface area contributed by atoms with Gasteiger partial charge in [0.1, 0.15) is 0 Å². The van der Waals surface area contributed by atoms with Gasteiger partial charge < -0.3 is 11.5 Å². The fourth-order valence-electron chi connectivity index (χ4n) is 4.13. The summed E-state index contributed by atoms with van der Waals surface area (Å²) in [6.45, 7) is 0.740. The van der Waals surface area contributed by atoms with Gasteiger partial charge in [0.25, 0.3) is 0 Å². The summed E-state index contributed by atoms with van der Waals surface area (Å²) in [7, 11) is 0. The number of allylic oxidation sites excluding steroid dienone is 1. The van der Waals surface area contributed by atoms with Gasteiger partial charge in [0, 0.05) is 22.3 Å². The van der Waals surface area contributed by atoms with Gasteiger partial charge in [-0.25, -0.2) is 0 Å². The Morgan fingerprint density at radius 3 is 2.90 bits per heavy atom. The fourth-order valence-corrected chi connectivity index (χ4v) is 4.13. The quantitative estimate of drug-likeness (QED) is 0.830. The van der Waals surface area contributed by atoms with E-state index >= 15 is 0 Å². The van der Waals surface area contributed by atoms with E-state index in [1.807, 2.05) is 12.1 Å². The third-order valence-electron chi connectivity index (χ3n) is 4.95. The minimum Gasteiger partial charge on any atom is -0.398 e. The number of nitrogens with two attached hydrogens (primary N) is 2. The van der Waals surface area contributed by atoms with E-state index in [2.05, 4.69) is 18.2 Å². The van der Waals surface area contributed by atoms with Crippen molar-refractivity contribution in [2.45, 2.75) is 31.6 Å². The lowest BCUT2D eigenvalue weighted by Crippen LogP contribution is -2.25. The third kappa shape index (κ3) is 2.04. The second kappa shape index (κ2) is 4.85. The van der Waals surface area contributed by atoms with Gasteiger partial charge in [0.05, 0.1) is 5.52 Å². The van der Waals surface area contributed by atoms with Crippen molar-refractivity contribution in [2.75, 3.05) is 12.3 Å². The first-order valence-electron chi connectivity index (χ1n) is 7.83. The first-order chi connectivity index (χ1) is 10.3. The van der Waals surface area contributed by atoms with E-state index in [4.69, 9.17) is 16.5 Å². The molecule has 2 aromatic rings. The summed E-state index contributed by atoms with van der Waals surface area (Å²) in [6.07, 6.45) is 6.80. The second-order valence-electron chi connectivity index (χ2n) is 6.37. The molecule has 3 nitrogen and oxygen atoms in total. The Morgan fingerprint density at radius 2 is 2.05 bits per heavy atom. The Kier molecular flexibility index (Phi) is 2.96. The summed E-state index contributed by atoms with van der Waals surface area (Å²) in [5.41, 5.74) is 18.3. The molecule has 1 aromatic carbocycles. The number of aromatic nitrogens is 1. The van der Waals surface area contributed by atoms with E-state index in [0.717, 1.165) is 42.4 Å². The first kappa shape index (κ1) is 12.8. The molecule has 1 aromatic heterocycles.